The molecule has 1 aliphatic carbocycles. The number of aliphatic hydroxyl groups is 1. The second-order valence-electron chi connectivity index (χ2n) is 8.53. The Kier molecular flexibility index (Phi) is 6.47. The van der Waals surface area contributed by atoms with Crippen LogP contribution in [0.4, 0.5) is 5.82 Å². The minimum absolute atomic E-state index is 0.255. The molecule has 0 saturated heterocycles. The van der Waals surface area contributed by atoms with Crippen molar-refractivity contribution in [1.29, 1.82) is 0 Å². The smallest absolute Gasteiger partial charge is 0.142 e. The number of rotatable bonds is 7. The van der Waals surface area contributed by atoms with Crippen LogP contribution in [0.1, 0.15) is 67.6 Å². The van der Waals surface area contributed by atoms with Gasteiger partial charge in [0.15, 0.2) is 0 Å². The average molecular weight is 416 g/mol. The molecule has 7 heteroatoms. The zero-order chi connectivity index (χ0) is 20.4. The molecule has 1 fully saturated rings. The Hall–Kier alpha value is -1.57. The Morgan fingerprint density at radius 1 is 1.17 bits per heavy atom. The monoisotopic (exact) mass is 415 g/mol. The number of anilines is 1. The van der Waals surface area contributed by atoms with E-state index < -0.39 is 0 Å². The number of pyridine rings is 1. The van der Waals surface area contributed by atoms with E-state index in [9.17, 15) is 5.11 Å². The maximum absolute atomic E-state index is 9.39. The van der Waals surface area contributed by atoms with Crippen LogP contribution in [0.25, 0.3) is 0 Å². The summed E-state index contributed by atoms with van der Waals surface area (Å²) < 4.78 is 3.83. The first-order valence-electron chi connectivity index (χ1n) is 10.9. The Balaban J connectivity index is 1.48. The third kappa shape index (κ3) is 4.32. The first-order chi connectivity index (χ1) is 14.1. The summed E-state index contributed by atoms with van der Waals surface area (Å²) in [5.74, 6) is 1.84. The van der Waals surface area contributed by atoms with Crippen molar-refractivity contribution >= 4 is 18.6 Å². The number of hydrogen-bond acceptors (Lipinski definition) is 6. The van der Waals surface area contributed by atoms with Gasteiger partial charge in [0.25, 0.3) is 0 Å². The van der Waals surface area contributed by atoms with Crippen molar-refractivity contribution in [2.45, 2.75) is 56.9 Å². The van der Waals surface area contributed by atoms with Crippen LogP contribution in [0.15, 0.2) is 24.7 Å². The molecule has 0 aromatic carbocycles. The van der Waals surface area contributed by atoms with Gasteiger partial charge in [-0.2, -0.15) is 5.10 Å². The molecule has 2 aromatic heterocycles. The predicted octanol–water partition coefficient (Wildman–Crippen LogP) is 3.34. The van der Waals surface area contributed by atoms with Gasteiger partial charge >= 0.3 is 0 Å². The Morgan fingerprint density at radius 3 is 2.62 bits per heavy atom. The molecule has 2 aromatic rings. The molecule has 0 bridgehead atoms. The molecule has 1 aliphatic heterocycles. The summed E-state index contributed by atoms with van der Waals surface area (Å²) in [6.07, 6.45) is 12.1. The van der Waals surface area contributed by atoms with Crippen molar-refractivity contribution in [1.82, 2.24) is 19.7 Å². The fourth-order valence-corrected chi connectivity index (χ4v) is 5.45. The summed E-state index contributed by atoms with van der Waals surface area (Å²) in [5.41, 5.74) is 3.87. The zero-order valence-electron chi connectivity index (χ0n) is 17.5. The maximum atomic E-state index is 9.39. The summed E-state index contributed by atoms with van der Waals surface area (Å²) in [7, 11) is 1.96. The highest BCUT2D eigenvalue weighted by Gasteiger charge is 2.32. The number of hydrogen-bond donors (Lipinski definition) is 2. The van der Waals surface area contributed by atoms with E-state index in [1.807, 2.05) is 22.2 Å². The van der Waals surface area contributed by atoms with Crippen LogP contribution in [0.5, 0.6) is 0 Å². The van der Waals surface area contributed by atoms with Crippen molar-refractivity contribution in [2.75, 3.05) is 30.5 Å². The van der Waals surface area contributed by atoms with E-state index in [-0.39, 0.29) is 12.5 Å². The lowest BCUT2D eigenvalue weighted by molar-refractivity contribution is 0.119. The van der Waals surface area contributed by atoms with Crippen molar-refractivity contribution in [2.24, 2.45) is 7.05 Å². The van der Waals surface area contributed by atoms with Gasteiger partial charge in [-0.3, -0.25) is 9.58 Å². The normalized spacial score (nSPS) is 24.3. The van der Waals surface area contributed by atoms with Crippen LogP contribution in [-0.4, -0.2) is 57.1 Å². The average Bonchev–Trinajstić information content (AvgIpc) is 3.31. The first-order valence-corrected chi connectivity index (χ1v) is 11.3. The predicted molar refractivity (Wildman–Crippen MR) is 120 cm³/mol. The largest absolute Gasteiger partial charge is 0.395 e. The van der Waals surface area contributed by atoms with Crippen molar-refractivity contribution in [3.63, 3.8) is 0 Å². The molecule has 1 saturated carbocycles. The summed E-state index contributed by atoms with van der Waals surface area (Å²) in [6, 6.07) is 2.98. The van der Waals surface area contributed by atoms with Crippen molar-refractivity contribution < 1.29 is 5.11 Å². The number of aliphatic hydroxyl groups excluding tert-OH is 1. The molecule has 1 atom stereocenters. The van der Waals surface area contributed by atoms with Crippen LogP contribution < -0.4 is 4.31 Å². The SMILES string of the molecule is CCCN(CCO)[C@H]1CC[C@@H](c2cnc3c(c2)C(c2cnn(C)c2)CN3S)CC1. The van der Waals surface area contributed by atoms with E-state index in [1.54, 1.807) is 0 Å². The molecule has 1 unspecified atom stereocenters. The Morgan fingerprint density at radius 2 is 1.97 bits per heavy atom. The Labute approximate surface area is 179 Å². The topological polar surface area (TPSA) is 57.4 Å². The van der Waals surface area contributed by atoms with E-state index >= 15 is 0 Å². The second kappa shape index (κ2) is 9.06. The zero-order valence-corrected chi connectivity index (χ0v) is 18.4. The molecule has 1 N–H and O–H groups in total. The molecular formula is C22H33N5OS. The van der Waals surface area contributed by atoms with Crippen LogP contribution >= 0.6 is 12.8 Å². The Bertz CT molecular complexity index is 811. The van der Waals surface area contributed by atoms with Gasteiger partial charge in [-0.15, -0.1) is 0 Å². The fourth-order valence-electron chi connectivity index (χ4n) is 5.12. The van der Waals surface area contributed by atoms with Gasteiger partial charge in [-0.05, 0) is 61.8 Å². The lowest BCUT2D eigenvalue weighted by atomic mass is 9.81. The van der Waals surface area contributed by atoms with E-state index in [2.05, 4.69) is 48.2 Å². The van der Waals surface area contributed by atoms with E-state index in [4.69, 9.17) is 4.98 Å². The second-order valence-corrected chi connectivity index (χ2v) is 9.01. The minimum atomic E-state index is 0.255. The molecule has 3 heterocycles. The lowest BCUT2D eigenvalue weighted by Crippen LogP contribution is -2.40. The van der Waals surface area contributed by atoms with Gasteiger partial charge in [0, 0.05) is 50.1 Å². The maximum Gasteiger partial charge on any atom is 0.142 e. The molecule has 0 spiro atoms. The number of aryl methyl sites for hydroxylation is 1. The molecular weight excluding hydrogens is 382 g/mol. The molecule has 2 aliphatic rings. The summed E-state index contributed by atoms with van der Waals surface area (Å²) >= 11 is 4.64. The van der Waals surface area contributed by atoms with Gasteiger partial charge in [-0.1, -0.05) is 19.7 Å². The number of thiol groups is 1. The molecule has 6 nitrogen and oxygen atoms in total. The van der Waals surface area contributed by atoms with Crippen molar-refractivity contribution in [3.8, 4) is 0 Å². The minimum Gasteiger partial charge on any atom is -0.395 e. The van der Waals surface area contributed by atoms with E-state index in [0.717, 1.165) is 31.9 Å². The van der Waals surface area contributed by atoms with Gasteiger partial charge in [0.2, 0.25) is 0 Å². The van der Waals surface area contributed by atoms with E-state index in [0.29, 0.717) is 12.0 Å². The molecule has 29 heavy (non-hydrogen) atoms. The lowest BCUT2D eigenvalue weighted by Gasteiger charge is -2.36. The summed E-state index contributed by atoms with van der Waals surface area (Å²) in [4.78, 5) is 7.27. The fraction of sp³-hybridized carbons (Fsp3) is 0.636. The summed E-state index contributed by atoms with van der Waals surface area (Å²) in [6.45, 7) is 5.19. The third-order valence-corrected chi connectivity index (χ3v) is 6.95. The standard InChI is InChI=1S/C22H33N5OS/c1-3-8-26(9-10-28)19-6-4-16(5-7-19)17-11-20-21(18-13-24-25(2)14-18)15-27(29)22(20)23-12-17/h11-14,16,19,21,28-29H,3-10,15H2,1-2H3/t16-,19+,21?. The molecule has 4 rings (SSSR count). The van der Waals surface area contributed by atoms with Gasteiger partial charge in [0.1, 0.15) is 5.82 Å². The number of nitrogens with zero attached hydrogens (tertiary/aromatic N) is 5. The van der Waals surface area contributed by atoms with Crippen LogP contribution in [0.2, 0.25) is 0 Å². The molecule has 0 radical (unpaired) electrons. The van der Waals surface area contributed by atoms with Crippen LogP contribution in [-0.2, 0) is 7.05 Å². The summed E-state index contributed by atoms with van der Waals surface area (Å²) in [5, 5.41) is 13.7. The molecule has 0 amide bonds. The highest BCUT2D eigenvalue weighted by molar-refractivity contribution is 7.81. The number of fused-ring (bicyclic) bond motifs is 1. The number of aromatic nitrogens is 3. The van der Waals surface area contributed by atoms with E-state index in [1.165, 1.54) is 42.4 Å². The first kappa shape index (κ1) is 20.7. The van der Waals surface area contributed by atoms with Crippen molar-refractivity contribution in [3.05, 3.63) is 41.3 Å². The highest BCUT2D eigenvalue weighted by Crippen LogP contribution is 2.42. The highest BCUT2D eigenvalue weighted by atomic mass is 32.1. The quantitative estimate of drug-likeness (QED) is 0.679. The van der Waals surface area contributed by atoms with Gasteiger partial charge < -0.3 is 9.41 Å². The van der Waals surface area contributed by atoms with Gasteiger partial charge in [-0.25, -0.2) is 4.98 Å². The van der Waals surface area contributed by atoms with Crippen LogP contribution in [0, 0.1) is 0 Å². The van der Waals surface area contributed by atoms with Gasteiger partial charge in [0.05, 0.1) is 12.8 Å². The molecule has 158 valence electrons. The third-order valence-electron chi connectivity index (χ3n) is 6.60. The van der Waals surface area contributed by atoms with Crippen LogP contribution in [0.3, 0.4) is 0 Å².